The molecule has 0 aliphatic heterocycles. The van der Waals surface area contributed by atoms with Gasteiger partial charge in [0.1, 0.15) is 10.7 Å². The van der Waals surface area contributed by atoms with Gasteiger partial charge < -0.3 is 10.1 Å². The molecule has 0 unspecified atom stereocenters. The van der Waals surface area contributed by atoms with Gasteiger partial charge in [-0.05, 0) is 42.2 Å². The number of aromatic amines is 1. The second kappa shape index (κ2) is 9.39. The average molecular weight is 405 g/mol. The summed E-state index contributed by atoms with van der Waals surface area (Å²) in [6.45, 7) is 0.874. The van der Waals surface area contributed by atoms with Crippen LogP contribution >= 0.6 is 23.2 Å². The molecule has 0 saturated heterocycles. The standard InChI is InChI=1S/C19H18Cl2N4O2/c20-15-7-5-13(6-8-15)4-2-10-27-19-17(16(21)18(26)24-25-19)23-12-14-3-1-9-22-11-14/h1,3,5-9,11H,2,4,10,12H2,(H2,23,24,26). The number of nitrogens with zero attached hydrogens (tertiary/aromatic N) is 2. The second-order valence-corrected chi connectivity index (χ2v) is 6.65. The number of halogens is 2. The van der Waals surface area contributed by atoms with Crippen LogP contribution in [0.2, 0.25) is 10.0 Å². The summed E-state index contributed by atoms with van der Waals surface area (Å²) in [5.74, 6) is 0.264. The Morgan fingerprint density at radius 2 is 1.93 bits per heavy atom. The molecule has 0 spiro atoms. The highest BCUT2D eigenvalue weighted by molar-refractivity contribution is 6.33. The Bertz CT molecular complexity index is 931. The van der Waals surface area contributed by atoms with E-state index in [-0.39, 0.29) is 10.9 Å². The monoisotopic (exact) mass is 404 g/mol. The van der Waals surface area contributed by atoms with Crippen molar-refractivity contribution in [3.63, 3.8) is 0 Å². The molecule has 0 atom stereocenters. The minimum absolute atomic E-state index is 0.0154. The lowest BCUT2D eigenvalue weighted by Gasteiger charge is -2.13. The Kier molecular flexibility index (Phi) is 6.68. The van der Waals surface area contributed by atoms with Gasteiger partial charge in [-0.1, -0.05) is 41.4 Å². The van der Waals surface area contributed by atoms with Gasteiger partial charge >= 0.3 is 0 Å². The SMILES string of the molecule is O=c1[nH]nc(OCCCc2ccc(Cl)cc2)c(NCc2cccnc2)c1Cl. The number of nitrogens with one attached hydrogen (secondary N) is 2. The van der Waals surface area contributed by atoms with Crippen LogP contribution in [0.5, 0.6) is 5.88 Å². The molecule has 140 valence electrons. The number of pyridine rings is 1. The lowest BCUT2D eigenvalue weighted by Crippen LogP contribution is -2.15. The summed E-state index contributed by atoms with van der Waals surface area (Å²) in [6.07, 6.45) is 5.05. The summed E-state index contributed by atoms with van der Waals surface area (Å²) < 4.78 is 5.74. The minimum atomic E-state index is -0.473. The van der Waals surface area contributed by atoms with E-state index in [0.29, 0.717) is 23.9 Å². The van der Waals surface area contributed by atoms with Crippen molar-refractivity contribution in [2.45, 2.75) is 19.4 Å². The van der Waals surface area contributed by atoms with E-state index >= 15 is 0 Å². The number of aromatic nitrogens is 3. The van der Waals surface area contributed by atoms with E-state index in [1.54, 1.807) is 12.4 Å². The van der Waals surface area contributed by atoms with E-state index in [1.807, 2.05) is 36.4 Å². The van der Waals surface area contributed by atoms with Crippen LogP contribution in [0.4, 0.5) is 5.69 Å². The van der Waals surface area contributed by atoms with Crippen LogP contribution in [-0.4, -0.2) is 21.8 Å². The number of anilines is 1. The number of aryl methyl sites for hydroxylation is 1. The van der Waals surface area contributed by atoms with E-state index in [0.717, 1.165) is 18.4 Å². The predicted molar refractivity (Wildman–Crippen MR) is 107 cm³/mol. The van der Waals surface area contributed by atoms with Gasteiger partial charge in [0.2, 0.25) is 0 Å². The molecular weight excluding hydrogens is 387 g/mol. The zero-order chi connectivity index (χ0) is 19.1. The van der Waals surface area contributed by atoms with Gasteiger partial charge in [-0.2, -0.15) is 0 Å². The first-order valence-corrected chi connectivity index (χ1v) is 9.17. The third-order valence-corrected chi connectivity index (χ3v) is 4.46. The Morgan fingerprint density at radius 1 is 1.11 bits per heavy atom. The molecular formula is C19H18Cl2N4O2. The molecule has 3 aromatic rings. The summed E-state index contributed by atoms with van der Waals surface area (Å²) in [6, 6.07) is 11.4. The van der Waals surface area contributed by atoms with Crippen LogP contribution in [-0.2, 0) is 13.0 Å². The number of ether oxygens (including phenoxy) is 1. The zero-order valence-electron chi connectivity index (χ0n) is 14.4. The van der Waals surface area contributed by atoms with Crippen molar-refractivity contribution in [1.82, 2.24) is 15.2 Å². The fourth-order valence-electron chi connectivity index (χ4n) is 2.46. The van der Waals surface area contributed by atoms with Gasteiger partial charge in [-0.3, -0.25) is 9.78 Å². The van der Waals surface area contributed by atoms with Gasteiger partial charge in [0.15, 0.2) is 0 Å². The molecule has 0 bridgehead atoms. The topological polar surface area (TPSA) is 79.9 Å². The lowest BCUT2D eigenvalue weighted by molar-refractivity contribution is 0.297. The molecule has 0 saturated carbocycles. The molecule has 2 heterocycles. The van der Waals surface area contributed by atoms with Crippen LogP contribution in [0, 0.1) is 0 Å². The fourth-order valence-corrected chi connectivity index (χ4v) is 2.78. The van der Waals surface area contributed by atoms with E-state index < -0.39 is 5.56 Å². The van der Waals surface area contributed by atoms with Crippen molar-refractivity contribution in [1.29, 1.82) is 0 Å². The smallest absolute Gasteiger partial charge is 0.285 e. The summed E-state index contributed by atoms with van der Waals surface area (Å²) in [5.41, 5.74) is 2.02. The van der Waals surface area contributed by atoms with Crippen molar-refractivity contribution in [2.24, 2.45) is 0 Å². The van der Waals surface area contributed by atoms with Crippen LogP contribution in [0.15, 0.2) is 53.6 Å². The molecule has 8 heteroatoms. The summed E-state index contributed by atoms with van der Waals surface area (Å²) in [5, 5.41) is 10.1. The molecule has 0 fully saturated rings. The van der Waals surface area contributed by atoms with Crippen molar-refractivity contribution in [2.75, 3.05) is 11.9 Å². The van der Waals surface area contributed by atoms with Gasteiger partial charge in [0.05, 0.1) is 6.61 Å². The maximum absolute atomic E-state index is 11.8. The first kappa shape index (κ1) is 19.2. The third kappa shape index (κ3) is 5.45. The summed E-state index contributed by atoms with van der Waals surface area (Å²) in [4.78, 5) is 15.8. The number of benzene rings is 1. The maximum atomic E-state index is 11.8. The molecule has 0 radical (unpaired) electrons. The third-order valence-electron chi connectivity index (χ3n) is 3.85. The Labute approximate surface area is 166 Å². The Balaban J connectivity index is 1.61. The molecule has 0 aliphatic carbocycles. The van der Waals surface area contributed by atoms with Crippen molar-refractivity contribution < 1.29 is 4.74 Å². The molecule has 2 N–H and O–H groups in total. The van der Waals surface area contributed by atoms with Gasteiger partial charge in [0, 0.05) is 24.0 Å². The number of H-pyrrole nitrogens is 1. The van der Waals surface area contributed by atoms with Crippen molar-refractivity contribution in [3.05, 3.63) is 80.3 Å². The normalized spacial score (nSPS) is 10.6. The molecule has 6 nitrogen and oxygen atoms in total. The quantitative estimate of drug-likeness (QED) is 0.552. The molecule has 3 rings (SSSR count). The number of rotatable bonds is 8. The number of hydrogen-bond acceptors (Lipinski definition) is 5. The van der Waals surface area contributed by atoms with Crippen LogP contribution in [0.1, 0.15) is 17.5 Å². The van der Waals surface area contributed by atoms with Gasteiger partial charge in [-0.25, -0.2) is 5.10 Å². The Morgan fingerprint density at radius 3 is 2.67 bits per heavy atom. The largest absolute Gasteiger partial charge is 0.475 e. The molecule has 1 aromatic carbocycles. The first-order valence-electron chi connectivity index (χ1n) is 8.41. The Hall–Kier alpha value is -2.57. The average Bonchev–Trinajstić information content (AvgIpc) is 2.69. The molecule has 0 amide bonds. The van der Waals surface area contributed by atoms with E-state index in [2.05, 4.69) is 20.5 Å². The molecule has 0 aliphatic rings. The highest BCUT2D eigenvalue weighted by Gasteiger charge is 2.14. The van der Waals surface area contributed by atoms with E-state index in [4.69, 9.17) is 27.9 Å². The molecule has 2 aromatic heterocycles. The second-order valence-electron chi connectivity index (χ2n) is 5.84. The van der Waals surface area contributed by atoms with E-state index in [1.165, 1.54) is 5.56 Å². The first-order chi connectivity index (χ1) is 13.1. The number of hydrogen-bond donors (Lipinski definition) is 2. The van der Waals surface area contributed by atoms with Crippen molar-refractivity contribution in [3.8, 4) is 5.88 Å². The predicted octanol–water partition coefficient (Wildman–Crippen LogP) is 4.10. The lowest BCUT2D eigenvalue weighted by atomic mass is 10.1. The van der Waals surface area contributed by atoms with Crippen LogP contribution < -0.4 is 15.6 Å². The minimum Gasteiger partial charge on any atom is -0.475 e. The highest BCUT2D eigenvalue weighted by Crippen LogP contribution is 2.27. The van der Waals surface area contributed by atoms with Crippen molar-refractivity contribution >= 4 is 28.9 Å². The summed E-state index contributed by atoms with van der Waals surface area (Å²) >= 11 is 12.0. The maximum Gasteiger partial charge on any atom is 0.285 e. The zero-order valence-corrected chi connectivity index (χ0v) is 15.9. The highest BCUT2D eigenvalue weighted by atomic mass is 35.5. The van der Waals surface area contributed by atoms with Gasteiger partial charge in [0.25, 0.3) is 11.4 Å². The molecule has 27 heavy (non-hydrogen) atoms. The van der Waals surface area contributed by atoms with Gasteiger partial charge in [-0.15, -0.1) is 5.10 Å². The van der Waals surface area contributed by atoms with Crippen LogP contribution in [0.25, 0.3) is 0 Å². The van der Waals surface area contributed by atoms with Crippen LogP contribution in [0.3, 0.4) is 0 Å². The fraction of sp³-hybridized carbons (Fsp3) is 0.211. The van der Waals surface area contributed by atoms with E-state index in [9.17, 15) is 4.79 Å². The summed E-state index contributed by atoms with van der Waals surface area (Å²) in [7, 11) is 0.